The normalized spacial score (nSPS) is 12.1. The average molecular weight is 541 g/mol. The Morgan fingerprint density at radius 2 is 1.03 bits per heavy atom. The molecule has 0 N–H and O–H groups in total. The van der Waals surface area contributed by atoms with E-state index in [1.165, 1.54) is 26.5 Å². The topological polar surface area (TPSA) is 36.9 Å². The maximum Gasteiger partial charge on any atom is 0.188 e. The number of rotatable bonds is 12. The summed E-state index contributed by atoms with van der Waals surface area (Å²) in [5, 5.41) is 5.11. The Hall–Kier alpha value is -1.96. The third-order valence-corrected chi connectivity index (χ3v) is 12.6. The minimum Gasteiger partial charge on any atom is -0.467 e. The lowest BCUT2D eigenvalue weighted by Crippen LogP contribution is -2.42. The van der Waals surface area contributed by atoms with Gasteiger partial charge in [-0.15, -0.1) is 0 Å². The van der Waals surface area contributed by atoms with Crippen molar-refractivity contribution in [3.63, 3.8) is 0 Å². The van der Waals surface area contributed by atoms with Gasteiger partial charge < -0.3 is 18.9 Å². The van der Waals surface area contributed by atoms with Crippen LogP contribution in [0.1, 0.15) is 5.56 Å². The van der Waals surface area contributed by atoms with Crippen molar-refractivity contribution in [1.82, 2.24) is 0 Å². The highest BCUT2D eigenvalue weighted by Gasteiger charge is 2.31. The van der Waals surface area contributed by atoms with Crippen molar-refractivity contribution in [2.24, 2.45) is 0 Å². The average Bonchev–Trinajstić information content (AvgIpc) is 2.84. The van der Waals surface area contributed by atoms with Crippen molar-refractivity contribution >= 4 is 45.1 Å². The minimum absolute atomic E-state index is 0.227. The summed E-state index contributed by atoms with van der Waals surface area (Å²) in [4.78, 5) is 0. The molecule has 0 saturated heterocycles. The summed E-state index contributed by atoms with van der Waals surface area (Å²) < 4.78 is 23.5. The third-order valence-electron chi connectivity index (χ3n) is 6.01. The molecule has 3 rings (SSSR count). The van der Waals surface area contributed by atoms with Crippen LogP contribution in [0.5, 0.6) is 11.5 Å². The predicted octanol–water partition coefficient (Wildman–Crippen LogP) is 5.38. The zero-order valence-corrected chi connectivity index (χ0v) is 25.9. The van der Waals surface area contributed by atoms with Crippen molar-refractivity contribution in [2.45, 2.75) is 45.4 Å². The van der Waals surface area contributed by atoms with Gasteiger partial charge in [-0.2, -0.15) is 0 Å². The molecule has 194 valence electrons. The van der Waals surface area contributed by atoms with Gasteiger partial charge in [0, 0.05) is 31.0 Å². The molecule has 0 aliphatic heterocycles. The zero-order chi connectivity index (χ0) is 26.3. The van der Waals surface area contributed by atoms with Gasteiger partial charge in [-0.25, -0.2) is 0 Å². The Bertz CT molecular complexity index is 1050. The molecule has 0 unspecified atom stereocenters. The van der Waals surface area contributed by atoms with Crippen LogP contribution in [-0.4, -0.2) is 44.0 Å². The first kappa shape index (κ1) is 28.6. The van der Waals surface area contributed by atoms with Crippen molar-refractivity contribution in [2.75, 3.05) is 27.8 Å². The van der Waals surface area contributed by atoms with E-state index in [2.05, 4.69) is 106 Å². The lowest BCUT2D eigenvalue weighted by atomic mass is 10.2. The van der Waals surface area contributed by atoms with Crippen molar-refractivity contribution in [3.8, 4) is 11.5 Å². The third kappa shape index (κ3) is 7.08. The summed E-state index contributed by atoms with van der Waals surface area (Å²) in [5.74, 6) is 1.97. The number of benzene rings is 3. The van der Waals surface area contributed by atoms with Crippen LogP contribution >= 0.6 is 7.92 Å². The molecule has 0 aliphatic carbocycles. The summed E-state index contributed by atoms with van der Waals surface area (Å²) in [6.45, 7) is 14.6. The molecule has 0 bridgehead atoms. The molecular formula is C29H41O4PSi2. The number of ether oxygens (including phenoxy) is 4. The van der Waals surface area contributed by atoms with E-state index in [0.29, 0.717) is 0 Å². The van der Waals surface area contributed by atoms with Crippen LogP contribution in [0.15, 0.2) is 66.7 Å². The van der Waals surface area contributed by atoms with Gasteiger partial charge >= 0.3 is 0 Å². The van der Waals surface area contributed by atoms with Crippen LogP contribution in [0.3, 0.4) is 0 Å². The molecule has 36 heavy (non-hydrogen) atoms. The van der Waals surface area contributed by atoms with Crippen LogP contribution < -0.4 is 30.5 Å². The Kier molecular flexibility index (Phi) is 9.96. The predicted molar refractivity (Wildman–Crippen MR) is 160 cm³/mol. The molecule has 0 heterocycles. The van der Waals surface area contributed by atoms with Gasteiger partial charge in [-0.3, -0.25) is 0 Å². The van der Waals surface area contributed by atoms with E-state index in [-0.39, 0.29) is 13.6 Å². The van der Waals surface area contributed by atoms with Crippen LogP contribution in [0.4, 0.5) is 0 Å². The second-order valence-electron chi connectivity index (χ2n) is 11.0. The summed E-state index contributed by atoms with van der Waals surface area (Å²) in [6.07, 6.45) is 0.896. The first-order valence-electron chi connectivity index (χ1n) is 12.4. The second-order valence-corrected chi connectivity index (χ2v) is 23.2. The van der Waals surface area contributed by atoms with Gasteiger partial charge in [0.1, 0.15) is 11.5 Å². The molecule has 4 nitrogen and oxygen atoms in total. The molecule has 0 aromatic heterocycles. The fourth-order valence-corrected chi connectivity index (χ4v) is 10.0. The van der Waals surface area contributed by atoms with Crippen LogP contribution in [0.25, 0.3) is 0 Å². The monoisotopic (exact) mass is 540 g/mol. The van der Waals surface area contributed by atoms with Gasteiger partial charge in [0.2, 0.25) is 0 Å². The van der Waals surface area contributed by atoms with E-state index in [4.69, 9.17) is 18.9 Å². The summed E-state index contributed by atoms with van der Waals surface area (Å²) in [7, 11) is -0.865. The number of hydrogen-bond acceptors (Lipinski definition) is 4. The van der Waals surface area contributed by atoms with Crippen LogP contribution in [0.2, 0.25) is 39.3 Å². The number of hydrogen-bond donors (Lipinski definition) is 0. The highest BCUT2D eigenvalue weighted by atomic mass is 31.1. The first-order valence-corrected chi connectivity index (χ1v) is 20.9. The highest BCUT2D eigenvalue weighted by molar-refractivity contribution is 7.72. The van der Waals surface area contributed by atoms with Gasteiger partial charge in [-0.05, 0) is 23.9 Å². The maximum absolute atomic E-state index is 6.37. The number of methoxy groups -OCH3 is 2. The highest BCUT2D eigenvalue weighted by Crippen LogP contribution is 2.43. The van der Waals surface area contributed by atoms with E-state index in [1.807, 2.05) is 0 Å². The molecule has 0 aliphatic rings. The van der Waals surface area contributed by atoms with Gasteiger partial charge in [0.15, 0.2) is 13.6 Å². The molecule has 3 aromatic rings. The van der Waals surface area contributed by atoms with Crippen LogP contribution in [0, 0.1) is 0 Å². The lowest BCUT2D eigenvalue weighted by molar-refractivity contribution is 0.0525. The smallest absolute Gasteiger partial charge is 0.188 e. The summed E-state index contributed by atoms with van der Waals surface area (Å²) in [6, 6.07) is 24.1. The molecule has 0 atom stereocenters. The molecule has 0 radical (unpaired) electrons. The lowest BCUT2D eigenvalue weighted by Gasteiger charge is -2.30. The van der Waals surface area contributed by atoms with E-state index in [1.54, 1.807) is 14.2 Å². The van der Waals surface area contributed by atoms with E-state index < -0.39 is 24.1 Å². The quantitative estimate of drug-likeness (QED) is 0.176. The Morgan fingerprint density at radius 1 is 0.583 bits per heavy atom. The van der Waals surface area contributed by atoms with E-state index >= 15 is 0 Å². The number of para-hydroxylation sites is 2. The first-order chi connectivity index (χ1) is 17.1. The fourth-order valence-electron chi connectivity index (χ4n) is 4.26. The molecule has 0 saturated carbocycles. The van der Waals surface area contributed by atoms with Gasteiger partial charge in [0.05, 0.1) is 16.1 Å². The van der Waals surface area contributed by atoms with E-state index in [0.717, 1.165) is 17.7 Å². The van der Waals surface area contributed by atoms with Crippen molar-refractivity contribution < 1.29 is 18.9 Å². The standard InChI is InChI=1S/C29H41O4PSi2/c1-30-21-32-28-24(16-12-18-26(28)35(3,4)5)34(20-23-14-10-9-11-15-23)25-17-13-19-27(36(6,7)8)29(25)33-22-31-2/h9-19H,20-22H2,1-8H3. The SMILES string of the molecule is COCOc1c(P(Cc2ccccc2)c2cccc([Si](C)(C)C)c2OCOC)cccc1[Si](C)(C)C. The second kappa shape index (κ2) is 12.5. The van der Waals surface area contributed by atoms with Crippen molar-refractivity contribution in [3.05, 3.63) is 72.3 Å². The summed E-state index contributed by atoms with van der Waals surface area (Å²) in [5.41, 5.74) is 1.30. The minimum atomic E-state index is -1.69. The van der Waals surface area contributed by atoms with Crippen LogP contribution in [-0.2, 0) is 15.6 Å². The van der Waals surface area contributed by atoms with E-state index in [9.17, 15) is 0 Å². The molecular weight excluding hydrogens is 499 g/mol. The molecule has 3 aromatic carbocycles. The fraction of sp³-hybridized carbons (Fsp3) is 0.379. The van der Waals surface area contributed by atoms with Crippen molar-refractivity contribution in [1.29, 1.82) is 0 Å². The maximum atomic E-state index is 6.37. The Balaban J connectivity index is 2.31. The molecule has 0 amide bonds. The van der Waals surface area contributed by atoms with Gasteiger partial charge in [0.25, 0.3) is 0 Å². The molecule has 0 spiro atoms. The summed E-state index contributed by atoms with van der Waals surface area (Å²) >= 11 is 0. The largest absolute Gasteiger partial charge is 0.467 e. The molecule has 7 heteroatoms. The Morgan fingerprint density at radius 3 is 1.42 bits per heavy atom. The molecule has 0 fully saturated rings. The Labute approximate surface area is 220 Å². The zero-order valence-electron chi connectivity index (χ0n) is 23.1. The van der Waals surface area contributed by atoms with Gasteiger partial charge in [-0.1, -0.05) is 106 Å².